The predicted molar refractivity (Wildman–Crippen MR) is 50.4 cm³/mol. The number of rotatable bonds is 4. The first-order valence-electron chi connectivity index (χ1n) is 3.35. The molecule has 10 heavy (non-hydrogen) atoms. The summed E-state index contributed by atoms with van der Waals surface area (Å²) in [5.41, 5.74) is 0. The molecule has 0 aromatic rings. The zero-order valence-electron chi connectivity index (χ0n) is 6.19. The van der Waals surface area contributed by atoms with Crippen LogP contribution in [0.15, 0.2) is 0 Å². The van der Waals surface area contributed by atoms with Crippen LogP contribution in [0.2, 0.25) is 0 Å². The molecule has 0 spiro atoms. The second-order valence-electron chi connectivity index (χ2n) is 1.89. The minimum absolute atomic E-state index is 0.569. The Labute approximate surface area is 81.0 Å². The fourth-order valence-electron chi connectivity index (χ4n) is 0.571. The Hall–Kier alpha value is 1.50. The summed E-state index contributed by atoms with van der Waals surface area (Å²) in [6.07, 6.45) is 6.84. The van der Waals surface area contributed by atoms with Crippen molar-refractivity contribution in [3.05, 3.63) is 0 Å². The first-order chi connectivity index (χ1) is 4.83. The monoisotopic (exact) mass is 246 g/mol. The summed E-state index contributed by atoms with van der Waals surface area (Å²) in [6.45, 7) is 2.24. The molecule has 0 aromatic carbocycles. The molecule has 4 heteroatoms. The van der Waals surface area contributed by atoms with Gasteiger partial charge in [0.15, 0.2) is 0 Å². The van der Waals surface area contributed by atoms with Crippen molar-refractivity contribution in [2.75, 3.05) is 6.16 Å². The third kappa shape index (κ3) is 22.7. The van der Waals surface area contributed by atoms with Crippen LogP contribution in [-0.2, 0) is 12.7 Å². The van der Waals surface area contributed by atoms with E-state index < -0.39 is 0 Å². The summed E-state index contributed by atoms with van der Waals surface area (Å²) in [7, 11) is 12.2. The van der Waals surface area contributed by atoms with Crippen LogP contribution < -0.4 is 0 Å². The zero-order chi connectivity index (χ0) is 8.24. The van der Waals surface area contributed by atoms with Crippen LogP contribution in [0.5, 0.6) is 0 Å². The average Bonchev–Trinajstić information content (AvgIpc) is 1.91. The molecule has 0 N–H and O–H groups in total. The van der Waals surface area contributed by atoms with E-state index >= 15 is 0 Å². The Balaban J connectivity index is 0. The van der Waals surface area contributed by atoms with Gasteiger partial charge >= 0.3 is 33.0 Å². The molecule has 0 aliphatic carbocycles. The molecule has 0 fully saturated rings. The summed E-state index contributed by atoms with van der Waals surface area (Å²) in [4.78, 5) is 0. The van der Waals surface area contributed by atoms with E-state index in [0.717, 1.165) is 0 Å². The average molecular weight is 248 g/mol. The van der Waals surface area contributed by atoms with E-state index in [2.05, 4.69) is 16.2 Å². The van der Waals surface area contributed by atoms with Crippen molar-refractivity contribution in [1.82, 2.24) is 0 Å². The first-order valence-corrected chi connectivity index (χ1v) is 6.89. The minimum atomic E-state index is 0.569. The van der Waals surface area contributed by atoms with Crippen molar-refractivity contribution in [1.29, 1.82) is 0 Å². The molecule has 0 aliphatic rings. The molecule has 0 nitrogen and oxygen atoms in total. The second kappa shape index (κ2) is 16.8. The Morgan fingerprint density at radius 2 is 1.70 bits per heavy atom. The van der Waals surface area contributed by atoms with Gasteiger partial charge in [-0.3, -0.25) is 0 Å². The first kappa shape index (κ1) is 14.1. The van der Waals surface area contributed by atoms with Crippen LogP contribution >= 0.6 is 29.6 Å². The zero-order valence-corrected chi connectivity index (χ0v) is 9.84. The van der Waals surface area contributed by atoms with Crippen molar-refractivity contribution in [3.63, 3.8) is 0 Å². The van der Waals surface area contributed by atoms with Crippen molar-refractivity contribution in [2.24, 2.45) is 0 Å². The standard InChI is InChI=1S/C6H15P.2ClH.Ni/c1-2-3-4-5-6-7;;;/h2-7H2,1H3;2*1H;/q;;;+2/p-2. The maximum atomic E-state index is 4.70. The van der Waals surface area contributed by atoms with Gasteiger partial charge in [-0.2, -0.15) is 0 Å². The van der Waals surface area contributed by atoms with Crippen LogP contribution in [0.3, 0.4) is 0 Å². The van der Waals surface area contributed by atoms with Crippen LogP contribution in [0.4, 0.5) is 0 Å². The fraction of sp³-hybridized carbons (Fsp3) is 1.00. The molecule has 0 aliphatic heterocycles. The molecular formula is C6H15Cl2NiP. The summed E-state index contributed by atoms with van der Waals surface area (Å²) < 4.78 is 0. The van der Waals surface area contributed by atoms with Gasteiger partial charge in [-0.1, -0.05) is 26.2 Å². The SMILES string of the molecule is CCCCCCP.[Cl][Ni][Cl]. The van der Waals surface area contributed by atoms with Gasteiger partial charge in [0.1, 0.15) is 0 Å². The van der Waals surface area contributed by atoms with Crippen molar-refractivity contribution in [2.45, 2.75) is 32.6 Å². The summed E-state index contributed by atoms with van der Waals surface area (Å²) in [6, 6.07) is 0. The molecule has 0 aromatic heterocycles. The molecule has 1 unspecified atom stereocenters. The number of hydrogen-bond acceptors (Lipinski definition) is 0. The molecule has 0 amide bonds. The Morgan fingerprint density at radius 1 is 1.20 bits per heavy atom. The van der Waals surface area contributed by atoms with E-state index in [4.69, 9.17) is 20.4 Å². The third-order valence-electron chi connectivity index (χ3n) is 1.06. The van der Waals surface area contributed by atoms with Gasteiger partial charge < -0.3 is 0 Å². The Kier molecular flexibility index (Phi) is 23.7. The summed E-state index contributed by atoms with van der Waals surface area (Å²) in [5, 5.41) is 0. The van der Waals surface area contributed by atoms with Crippen molar-refractivity contribution in [3.8, 4) is 0 Å². The fourth-order valence-corrected chi connectivity index (χ4v) is 0.860. The maximum absolute atomic E-state index is 4.70. The van der Waals surface area contributed by atoms with Crippen molar-refractivity contribution < 1.29 is 12.7 Å². The molecule has 1 atom stereocenters. The van der Waals surface area contributed by atoms with Gasteiger partial charge in [-0.05, 0) is 12.6 Å². The van der Waals surface area contributed by atoms with E-state index in [1.165, 1.54) is 31.8 Å². The van der Waals surface area contributed by atoms with Crippen LogP contribution in [0.25, 0.3) is 0 Å². The predicted octanol–water partition coefficient (Wildman–Crippen LogP) is 3.82. The van der Waals surface area contributed by atoms with Gasteiger partial charge in [0.05, 0.1) is 0 Å². The molecule has 0 radical (unpaired) electrons. The van der Waals surface area contributed by atoms with Gasteiger partial charge in [-0.15, -0.1) is 9.24 Å². The van der Waals surface area contributed by atoms with Crippen LogP contribution in [-0.4, -0.2) is 6.16 Å². The molecule has 0 bridgehead atoms. The van der Waals surface area contributed by atoms with Crippen LogP contribution in [0, 0.1) is 0 Å². The summed E-state index contributed by atoms with van der Waals surface area (Å²) in [5.74, 6) is 0. The van der Waals surface area contributed by atoms with E-state index in [1.54, 1.807) is 0 Å². The normalized spacial score (nSPS) is 8.80. The molecule has 0 saturated carbocycles. The van der Waals surface area contributed by atoms with Gasteiger partial charge in [-0.25, -0.2) is 0 Å². The van der Waals surface area contributed by atoms with E-state index in [9.17, 15) is 0 Å². The second-order valence-corrected chi connectivity index (χ2v) is 4.10. The van der Waals surface area contributed by atoms with Gasteiger partial charge in [0, 0.05) is 0 Å². The molecule has 0 heterocycles. The quantitative estimate of drug-likeness (QED) is 0.403. The van der Waals surface area contributed by atoms with E-state index in [1.807, 2.05) is 0 Å². The van der Waals surface area contributed by atoms with E-state index in [-0.39, 0.29) is 0 Å². The van der Waals surface area contributed by atoms with Crippen LogP contribution in [0.1, 0.15) is 32.6 Å². The molecule has 0 saturated heterocycles. The van der Waals surface area contributed by atoms with Gasteiger partial charge in [0.2, 0.25) is 0 Å². The number of hydrogen-bond donors (Lipinski definition) is 0. The van der Waals surface area contributed by atoms with Gasteiger partial charge in [0.25, 0.3) is 0 Å². The molecule has 68 valence electrons. The van der Waals surface area contributed by atoms with Crippen molar-refractivity contribution >= 4 is 29.6 Å². The Bertz CT molecular complexity index is 42.7. The number of unbranched alkanes of at least 4 members (excludes halogenated alkanes) is 3. The molecular weight excluding hydrogens is 233 g/mol. The van der Waals surface area contributed by atoms with E-state index in [0.29, 0.717) is 12.7 Å². The topological polar surface area (TPSA) is 0 Å². The Morgan fingerprint density at radius 3 is 2.00 bits per heavy atom. The molecule has 0 rings (SSSR count). The summed E-state index contributed by atoms with van der Waals surface area (Å²) >= 11 is 0.569. The number of halogens is 2. The third-order valence-corrected chi connectivity index (χ3v) is 1.47.